The zero-order valence-corrected chi connectivity index (χ0v) is 16.9. The van der Waals surface area contributed by atoms with E-state index in [0.717, 1.165) is 12.0 Å². The number of benzene rings is 2. The van der Waals surface area contributed by atoms with Gasteiger partial charge in [-0.25, -0.2) is 0 Å². The summed E-state index contributed by atoms with van der Waals surface area (Å²) in [5, 5.41) is 5.64. The summed E-state index contributed by atoms with van der Waals surface area (Å²) in [6.07, 6.45) is 0.884. The standard InChI is InChI=1S/C22H28N2O4/c1-5-12-28-19-11-10-17(14-20(19)27-7-3)22(26)24-18-13-16(9-8-15(18)4)21(25)23-6-2/h8-11,13-14H,5-7,12H2,1-4H3,(H,23,25)(H,24,26). The molecule has 28 heavy (non-hydrogen) atoms. The van der Waals surface area contributed by atoms with Crippen LogP contribution in [-0.2, 0) is 0 Å². The maximum Gasteiger partial charge on any atom is 0.255 e. The lowest BCUT2D eigenvalue weighted by Crippen LogP contribution is -2.23. The van der Waals surface area contributed by atoms with Crippen LogP contribution in [0, 0.1) is 6.92 Å². The van der Waals surface area contributed by atoms with Gasteiger partial charge in [0.1, 0.15) is 0 Å². The fourth-order valence-electron chi connectivity index (χ4n) is 2.60. The van der Waals surface area contributed by atoms with Gasteiger partial charge in [0, 0.05) is 23.4 Å². The van der Waals surface area contributed by atoms with Crippen LogP contribution in [0.2, 0.25) is 0 Å². The predicted octanol–water partition coefficient (Wildman–Crippen LogP) is 4.18. The molecule has 0 spiro atoms. The summed E-state index contributed by atoms with van der Waals surface area (Å²) in [4.78, 5) is 24.8. The van der Waals surface area contributed by atoms with Crippen LogP contribution >= 0.6 is 0 Å². The van der Waals surface area contributed by atoms with Gasteiger partial charge >= 0.3 is 0 Å². The van der Waals surface area contributed by atoms with Crippen LogP contribution in [0.1, 0.15) is 53.5 Å². The minimum absolute atomic E-state index is 0.172. The van der Waals surface area contributed by atoms with E-state index in [1.165, 1.54) is 0 Å². The van der Waals surface area contributed by atoms with E-state index < -0.39 is 0 Å². The van der Waals surface area contributed by atoms with Crippen LogP contribution < -0.4 is 20.1 Å². The molecule has 0 aromatic heterocycles. The number of nitrogens with one attached hydrogen (secondary N) is 2. The normalized spacial score (nSPS) is 10.3. The average molecular weight is 384 g/mol. The van der Waals surface area contributed by atoms with Gasteiger partial charge in [0.25, 0.3) is 11.8 Å². The zero-order chi connectivity index (χ0) is 20.5. The first kappa shape index (κ1) is 21.3. The molecule has 0 aliphatic rings. The van der Waals surface area contributed by atoms with Crippen molar-refractivity contribution in [1.29, 1.82) is 0 Å². The molecule has 0 aliphatic heterocycles. The first-order chi connectivity index (χ1) is 13.5. The second-order valence-electron chi connectivity index (χ2n) is 6.29. The van der Waals surface area contributed by atoms with E-state index in [-0.39, 0.29) is 11.8 Å². The molecular formula is C22H28N2O4. The SMILES string of the molecule is CCCOc1ccc(C(=O)Nc2cc(C(=O)NCC)ccc2C)cc1OCC. The molecule has 2 rings (SSSR count). The van der Waals surface area contributed by atoms with Crippen LogP contribution in [0.25, 0.3) is 0 Å². The molecule has 2 N–H and O–H groups in total. The molecule has 0 heterocycles. The molecule has 2 amide bonds. The lowest BCUT2D eigenvalue weighted by Gasteiger charge is -2.14. The summed E-state index contributed by atoms with van der Waals surface area (Å²) in [5.74, 6) is 0.708. The molecule has 2 aromatic carbocycles. The topological polar surface area (TPSA) is 76.7 Å². The monoisotopic (exact) mass is 384 g/mol. The van der Waals surface area contributed by atoms with Gasteiger partial charge in [0.05, 0.1) is 13.2 Å². The molecular weight excluding hydrogens is 356 g/mol. The average Bonchev–Trinajstić information content (AvgIpc) is 2.69. The minimum atomic E-state index is -0.279. The van der Waals surface area contributed by atoms with E-state index in [0.29, 0.717) is 48.1 Å². The van der Waals surface area contributed by atoms with Crippen molar-refractivity contribution in [3.05, 3.63) is 53.1 Å². The molecule has 0 saturated carbocycles. The Balaban J connectivity index is 2.23. The Bertz CT molecular complexity index is 833. The summed E-state index contributed by atoms with van der Waals surface area (Å²) in [6, 6.07) is 10.4. The quantitative estimate of drug-likeness (QED) is 0.680. The number of amides is 2. The number of hydrogen-bond acceptors (Lipinski definition) is 4. The number of rotatable bonds is 9. The number of ether oxygens (including phenoxy) is 2. The third-order valence-corrected chi connectivity index (χ3v) is 4.05. The van der Waals surface area contributed by atoms with Gasteiger partial charge in [0.15, 0.2) is 11.5 Å². The molecule has 0 aliphatic carbocycles. The Kier molecular flexibility index (Phi) is 7.87. The molecule has 0 saturated heterocycles. The van der Waals surface area contributed by atoms with Crippen molar-refractivity contribution >= 4 is 17.5 Å². The Morgan fingerprint density at radius 3 is 2.29 bits per heavy atom. The fourth-order valence-corrected chi connectivity index (χ4v) is 2.60. The van der Waals surface area contributed by atoms with Crippen molar-refractivity contribution in [3.8, 4) is 11.5 Å². The molecule has 6 nitrogen and oxygen atoms in total. The Morgan fingerprint density at radius 2 is 1.61 bits per heavy atom. The van der Waals surface area contributed by atoms with Crippen molar-refractivity contribution in [2.45, 2.75) is 34.1 Å². The van der Waals surface area contributed by atoms with Crippen molar-refractivity contribution in [3.63, 3.8) is 0 Å². The van der Waals surface area contributed by atoms with Gasteiger partial charge in [-0.15, -0.1) is 0 Å². The molecule has 150 valence electrons. The molecule has 2 aromatic rings. The number of aryl methyl sites for hydroxylation is 1. The number of carbonyl (C=O) groups is 2. The number of hydrogen-bond donors (Lipinski definition) is 2. The minimum Gasteiger partial charge on any atom is -0.490 e. The smallest absolute Gasteiger partial charge is 0.255 e. The van der Waals surface area contributed by atoms with Crippen LogP contribution in [-0.4, -0.2) is 31.6 Å². The van der Waals surface area contributed by atoms with Crippen LogP contribution in [0.15, 0.2) is 36.4 Å². The van der Waals surface area contributed by atoms with Gasteiger partial charge < -0.3 is 20.1 Å². The van der Waals surface area contributed by atoms with Crippen LogP contribution in [0.4, 0.5) is 5.69 Å². The van der Waals surface area contributed by atoms with E-state index in [2.05, 4.69) is 10.6 Å². The lowest BCUT2D eigenvalue weighted by molar-refractivity contribution is 0.0954. The summed E-state index contributed by atoms with van der Waals surface area (Å²) < 4.78 is 11.3. The number of anilines is 1. The lowest BCUT2D eigenvalue weighted by atomic mass is 10.1. The summed E-state index contributed by atoms with van der Waals surface area (Å²) in [5.41, 5.74) is 2.42. The van der Waals surface area contributed by atoms with E-state index in [1.54, 1.807) is 30.3 Å². The molecule has 0 unspecified atom stereocenters. The molecule has 6 heteroatoms. The summed E-state index contributed by atoms with van der Waals surface area (Å²) in [7, 11) is 0. The molecule has 0 atom stereocenters. The Labute approximate surface area is 166 Å². The van der Waals surface area contributed by atoms with Gasteiger partial charge in [0.2, 0.25) is 0 Å². The molecule has 0 bridgehead atoms. The van der Waals surface area contributed by atoms with Gasteiger partial charge in [-0.1, -0.05) is 13.0 Å². The Morgan fingerprint density at radius 1 is 0.893 bits per heavy atom. The van der Waals surface area contributed by atoms with E-state index >= 15 is 0 Å². The van der Waals surface area contributed by atoms with Gasteiger partial charge in [-0.05, 0) is 63.1 Å². The highest BCUT2D eigenvalue weighted by molar-refractivity contribution is 6.06. The Hall–Kier alpha value is -3.02. The van der Waals surface area contributed by atoms with Crippen molar-refractivity contribution < 1.29 is 19.1 Å². The van der Waals surface area contributed by atoms with E-state index in [1.807, 2.05) is 33.8 Å². The highest BCUT2D eigenvalue weighted by Crippen LogP contribution is 2.29. The highest BCUT2D eigenvalue weighted by Gasteiger charge is 2.14. The van der Waals surface area contributed by atoms with Gasteiger partial charge in [-0.3, -0.25) is 9.59 Å². The maximum absolute atomic E-state index is 12.7. The second kappa shape index (κ2) is 10.3. The highest BCUT2D eigenvalue weighted by atomic mass is 16.5. The molecule has 0 radical (unpaired) electrons. The third kappa shape index (κ3) is 5.49. The fraction of sp³-hybridized carbons (Fsp3) is 0.364. The van der Waals surface area contributed by atoms with Crippen molar-refractivity contribution in [2.75, 3.05) is 25.1 Å². The second-order valence-corrected chi connectivity index (χ2v) is 6.29. The zero-order valence-electron chi connectivity index (χ0n) is 16.9. The number of carbonyl (C=O) groups excluding carboxylic acids is 2. The summed E-state index contributed by atoms with van der Waals surface area (Å²) >= 11 is 0. The third-order valence-electron chi connectivity index (χ3n) is 4.05. The summed E-state index contributed by atoms with van der Waals surface area (Å²) in [6.45, 7) is 9.24. The van der Waals surface area contributed by atoms with Crippen LogP contribution in [0.3, 0.4) is 0 Å². The largest absolute Gasteiger partial charge is 0.490 e. The van der Waals surface area contributed by atoms with E-state index in [9.17, 15) is 9.59 Å². The maximum atomic E-state index is 12.7. The van der Waals surface area contributed by atoms with Crippen molar-refractivity contribution in [2.24, 2.45) is 0 Å². The predicted molar refractivity (Wildman–Crippen MR) is 111 cm³/mol. The van der Waals surface area contributed by atoms with Crippen LogP contribution in [0.5, 0.6) is 11.5 Å². The van der Waals surface area contributed by atoms with Crippen molar-refractivity contribution in [1.82, 2.24) is 5.32 Å². The van der Waals surface area contributed by atoms with E-state index in [4.69, 9.17) is 9.47 Å². The van der Waals surface area contributed by atoms with Gasteiger partial charge in [-0.2, -0.15) is 0 Å². The molecule has 0 fully saturated rings. The first-order valence-electron chi connectivity index (χ1n) is 9.59. The first-order valence-corrected chi connectivity index (χ1v) is 9.59.